The first kappa shape index (κ1) is 33.4. The van der Waals surface area contributed by atoms with E-state index in [0.717, 1.165) is 40.6 Å². The number of esters is 1. The first-order valence-electron chi connectivity index (χ1n) is 14.0. The zero-order valence-electron chi connectivity index (χ0n) is 24.6. The van der Waals surface area contributed by atoms with Gasteiger partial charge in [-0.15, -0.1) is 0 Å². The van der Waals surface area contributed by atoms with Gasteiger partial charge in [0.2, 0.25) is 0 Å². The van der Waals surface area contributed by atoms with E-state index in [-0.39, 0.29) is 81.1 Å². The third-order valence-corrected chi connectivity index (χ3v) is 7.36. The maximum Gasteiger partial charge on any atom is 1.00 e. The normalized spacial score (nSPS) is 14.3. The fourth-order valence-electron chi connectivity index (χ4n) is 5.30. The Morgan fingerprint density at radius 2 is 1.77 bits per heavy atom. The van der Waals surface area contributed by atoms with E-state index in [1.165, 1.54) is 24.3 Å². The summed E-state index contributed by atoms with van der Waals surface area (Å²) in [6.07, 6.45) is 2.06. The molecule has 4 aromatic carbocycles. The van der Waals surface area contributed by atoms with Gasteiger partial charge in [-0.1, -0.05) is 42.5 Å². The summed E-state index contributed by atoms with van der Waals surface area (Å²) in [5, 5.41) is 24.2. The number of ether oxygens (including phenoxy) is 2. The zero-order chi connectivity index (χ0) is 30.3. The molecule has 1 unspecified atom stereocenters. The molecular formula is C34H30FKN2O6. The van der Waals surface area contributed by atoms with Crippen LogP contribution in [-0.2, 0) is 29.0 Å². The van der Waals surface area contributed by atoms with Gasteiger partial charge in [0.15, 0.2) is 0 Å². The van der Waals surface area contributed by atoms with E-state index in [0.29, 0.717) is 25.1 Å². The molecule has 0 bridgehead atoms. The molecule has 0 aliphatic carbocycles. The second-order valence-electron chi connectivity index (χ2n) is 10.2. The van der Waals surface area contributed by atoms with E-state index in [2.05, 4.69) is 4.90 Å². The van der Waals surface area contributed by atoms with Gasteiger partial charge >= 0.3 is 57.4 Å². The van der Waals surface area contributed by atoms with Crippen LogP contribution < -0.4 is 66.1 Å². The molecule has 0 saturated carbocycles. The van der Waals surface area contributed by atoms with Gasteiger partial charge in [-0.2, -0.15) is 0 Å². The summed E-state index contributed by atoms with van der Waals surface area (Å²) in [7, 11) is 0. The van der Waals surface area contributed by atoms with Crippen LogP contribution in [0.2, 0.25) is 0 Å². The number of nitro benzene ring substituents is 1. The number of benzene rings is 4. The van der Waals surface area contributed by atoms with Crippen LogP contribution in [0.3, 0.4) is 0 Å². The number of carbonyl (C=O) groups excluding carboxylic acids is 1. The SMILES string of the molecule is CCOC(=O)/C([O-])=C/c1ccc(CC2c3ccc(OCc4ccccc4)cc3CCN2c2ccc(F)cc2)cc1[N+](=O)[O-].[K+]. The fourth-order valence-corrected chi connectivity index (χ4v) is 5.30. The monoisotopic (exact) mass is 620 g/mol. The molecule has 1 atom stereocenters. The van der Waals surface area contributed by atoms with Gasteiger partial charge in [0, 0.05) is 18.3 Å². The summed E-state index contributed by atoms with van der Waals surface area (Å²) in [6.45, 7) is 2.68. The molecular weight excluding hydrogens is 590 g/mol. The van der Waals surface area contributed by atoms with Crippen LogP contribution in [0.4, 0.5) is 15.8 Å². The molecule has 10 heteroatoms. The Morgan fingerprint density at radius 1 is 1.02 bits per heavy atom. The molecule has 0 spiro atoms. The van der Waals surface area contributed by atoms with Crippen LogP contribution in [0.1, 0.15) is 40.8 Å². The molecule has 0 fully saturated rings. The molecule has 220 valence electrons. The van der Waals surface area contributed by atoms with E-state index in [9.17, 15) is 24.4 Å². The van der Waals surface area contributed by atoms with E-state index >= 15 is 0 Å². The maximum absolute atomic E-state index is 13.8. The van der Waals surface area contributed by atoms with Gasteiger partial charge in [0.1, 0.15) is 18.2 Å². The second kappa shape index (κ2) is 15.4. The molecule has 44 heavy (non-hydrogen) atoms. The van der Waals surface area contributed by atoms with Crippen LogP contribution in [-0.4, -0.2) is 24.0 Å². The first-order chi connectivity index (χ1) is 20.8. The standard InChI is InChI=1S/C34H31FN2O6.K/c1-2-42-34(39)33(38)21-26-9-8-24(18-31(26)37(40)41)19-32-30-15-14-29(43-22-23-6-4-3-5-7-23)20-25(30)16-17-36(32)28-12-10-27(35)11-13-28;/h3-15,18,20-21,32,38H,2,16-17,19,22H2,1H3;/q;+1/p-1/b33-21-;. The summed E-state index contributed by atoms with van der Waals surface area (Å²) >= 11 is 0. The number of rotatable bonds is 10. The van der Waals surface area contributed by atoms with Crippen molar-refractivity contribution in [1.82, 2.24) is 0 Å². The third-order valence-electron chi connectivity index (χ3n) is 7.36. The Hall–Kier alpha value is -3.54. The number of halogens is 1. The molecule has 4 aromatic rings. The van der Waals surface area contributed by atoms with Gasteiger partial charge in [-0.05, 0) is 96.3 Å². The van der Waals surface area contributed by atoms with Crippen LogP contribution in [0.25, 0.3) is 6.08 Å². The predicted molar refractivity (Wildman–Crippen MR) is 159 cm³/mol. The van der Waals surface area contributed by atoms with Gasteiger partial charge in [-0.25, -0.2) is 9.18 Å². The van der Waals surface area contributed by atoms with Crippen molar-refractivity contribution in [2.75, 3.05) is 18.1 Å². The number of anilines is 1. The van der Waals surface area contributed by atoms with Crippen molar-refractivity contribution >= 4 is 23.4 Å². The molecule has 1 aliphatic heterocycles. The smallest absolute Gasteiger partial charge is 0.868 e. The molecule has 0 aromatic heterocycles. The number of hydrogen-bond acceptors (Lipinski definition) is 7. The summed E-state index contributed by atoms with van der Waals surface area (Å²) < 4.78 is 24.5. The van der Waals surface area contributed by atoms with Crippen molar-refractivity contribution in [1.29, 1.82) is 0 Å². The first-order valence-corrected chi connectivity index (χ1v) is 14.0. The summed E-state index contributed by atoms with van der Waals surface area (Å²) in [4.78, 5) is 25.3. The van der Waals surface area contributed by atoms with Gasteiger partial charge in [-0.3, -0.25) is 10.1 Å². The molecule has 0 amide bonds. The summed E-state index contributed by atoms with van der Waals surface area (Å²) in [5.41, 5.74) is 4.44. The largest absolute Gasteiger partial charge is 1.00 e. The van der Waals surface area contributed by atoms with Crippen LogP contribution in [0, 0.1) is 15.9 Å². The zero-order valence-corrected chi connectivity index (χ0v) is 27.7. The predicted octanol–water partition coefficient (Wildman–Crippen LogP) is 2.93. The van der Waals surface area contributed by atoms with Crippen LogP contribution in [0.15, 0.2) is 96.8 Å². The van der Waals surface area contributed by atoms with E-state index in [4.69, 9.17) is 9.47 Å². The quantitative estimate of drug-likeness (QED) is 0.0671. The molecule has 8 nitrogen and oxygen atoms in total. The van der Waals surface area contributed by atoms with Crippen LogP contribution in [0.5, 0.6) is 5.75 Å². The second-order valence-corrected chi connectivity index (χ2v) is 10.2. The molecule has 1 heterocycles. The molecule has 0 N–H and O–H groups in total. The van der Waals surface area contributed by atoms with Crippen LogP contribution >= 0.6 is 0 Å². The fraction of sp³-hybridized carbons (Fsp3) is 0.206. The van der Waals surface area contributed by atoms with Crippen molar-refractivity contribution in [3.05, 3.63) is 141 Å². The van der Waals surface area contributed by atoms with Crippen molar-refractivity contribution in [2.45, 2.75) is 32.4 Å². The summed E-state index contributed by atoms with van der Waals surface area (Å²) in [5.74, 6) is -1.62. The Balaban J connectivity index is 0.00000442. The third kappa shape index (κ3) is 8.13. The average Bonchev–Trinajstić information content (AvgIpc) is 3.01. The van der Waals surface area contributed by atoms with Crippen molar-refractivity contribution in [2.24, 2.45) is 0 Å². The van der Waals surface area contributed by atoms with E-state index in [1.54, 1.807) is 25.1 Å². The van der Waals surface area contributed by atoms with E-state index in [1.807, 2.05) is 48.5 Å². The summed E-state index contributed by atoms with van der Waals surface area (Å²) in [6, 6.07) is 26.6. The molecule has 0 saturated heterocycles. The van der Waals surface area contributed by atoms with Crippen molar-refractivity contribution in [3.63, 3.8) is 0 Å². The number of fused-ring (bicyclic) bond motifs is 1. The van der Waals surface area contributed by atoms with Crippen molar-refractivity contribution in [3.8, 4) is 5.75 Å². The maximum atomic E-state index is 13.8. The Kier molecular flexibility index (Phi) is 11.7. The topological polar surface area (TPSA) is 105 Å². The molecule has 1 aliphatic rings. The average molecular weight is 621 g/mol. The minimum absolute atomic E-state index is 0. The Labute approximate surface area is 297 Å². The van der Waals surface area contributed by atoms with E-state index < -0.39 is 16.7 Å². The Morgan fingerprint density at radius 3 is 2.48 bits per heavy atom. The van der Waals surface area contributed by atoms with Gasteiger partial charge < -0.3 is 19.5 Å². The number of carbonyl (C=O) groups is 1. The van der Waals surface area contributed by atoms with Crippen molar-refractivity contribution < 1.29 is 80.1 Å². The number of hydrogen-bond donors (Lipinski definition) is 0. The molecule has 0 radical (unpaired) electrons. The number of nitro groups is 1. The minimum atomic E-state index is -1.07. The van der Waals surface area contributed by atoms with Gasteiger partial charge in [0.05, 0.1) is 23.1 Å². The van der Waals surface area contributed by atoms with Gasteiger partial charge in [0.25, 0.3) is 5.69 Å². The Bertz CT molecular complexity index is 1650. The minimum Gasteiger partial charge on any atom is -0.868 e. The molecule has 5 rings (SSSR count). The number of nitrogens with zero attached hydrogens (tertiary/aromatic N) is 2.